The van der Waals surface area contributed by atoms with Gasteiger partial charge in [-0.25, -0.2) is 4.98 Å². The van der Waals surface area contributed by atoms with E-state index in [0.717, 1.165) is 76.7 Å². The maximum absolute atomic E-state index is 13.7. The smallest absolute Gasteiger partial charge is 0.254 e. The fourth-order valence-corrected chi connectivity index (χ4v) is 7.34. The SMILES string of the molecule is COc1cc(C(=O)N2C[C@H]3CC[C@@H]2[C@@H]3N)cc2nc(-c3cc4ccc(Oc5cc(C)nc(C)c5)nc4n3CC3CC3)n(C)c12. The number of pyridine rings is 2. The summed E-state index contributed by atoms with van der Waals surface area (Å²) in [5.74, 6) is 3.68. The van der Waals surface area contributed by atoms with E-state index < -0.39 is 0 Å². The highest BCUT2D eigenvalue weighted by Gasteiger charge is 2.47. The molecule has 3 atom stereocenters. The fourth-order valence-electron chi connectivity index (χ4n) is 7.34. The molecule has 8 rings (SSSR count). The predicted octanol–water partition coefficient (Wildman–Crippen LogP) is 5.37. The van der Waals surface area contributed by atoms with Crippen LogP contribution in [-0.4, -0.2) is 60.6 Å². The van der Waals surface area contributed by atoms with Crippen molar-refractivity contribution in [3.05, 3.63) is 59.4 Å². The van der Waals surface area contributed by atoms with Crippen LogP contribution >= 0.6 is 0 Å². The number of ether oxygens (including phenoxy) is 2. The van der Waals surface area contributed by atoms with Crippen LogP contribution in [0.25, 0.3) is 33.6 Å². The standard InChI is InChI=1S/C34H37N7O3/c1-18-11-24(12-19(2)36-18)44-29-10-8-21-14-27(40(32(21)38-29)16-20-5-6-20)33-37-25-13-23(15-28(43-4)31(25)39(33)3)34(42)41-17-22-7-9-26(41)30(22)35/h8,10-15,20,22,26,30H,5-7,9,16-17,35H2,1-4H3/t22-,26-,30-/m1/s1. The molecule has 10 heteroatoms. The largest absolute Gasteiger partial charge is 0.494 e. The van der Waals surface area contributed by atoms with Crippen LogP contribution in [0.2, 0.25) is 0 Å². The minimum atomic E-state index is -0.000727. The number of benzene rings is 1. The van der Waals surface area contributed by atoms with E-state index >= 15 is 0 Å². The minimum absolute atomic E-state index is 0.000727. The lowest BCUT2D eigenvalue weighted by Crippen LogP contribution is -2.41. The quantitative estimate of drug-likeness (QED) is 0.271. The molecule has 44 heavy (non-hydrogen) atoms. The van der Waals surface area contributed by atoms with E-state index in [9.17, 15) is 4.79 Å². The lowest BCUT2D eigenvalue weighted by molar-refractivity contribution is 0.0700. The van der Waals surface area contributed by atoms with Crippen molar-refractivity contribution in [2.75, 3.05) is 13.7 Å². The number of imidazole rings is 1. The number of carbonyl (C=O) groups is 1. The molecule has 2 saturated carbocycles. The van der Waals surface area contributed by atoms with Crippen LogP contribution in [-0.2, 0) is 13.6 Å². The predicted molar refractivity (Wildman–Crippen MR) is 168 cm³/mol. The van der Waals surface area contributed by atoms with Crippen molar-refractivity contribution in [1.82, 2.24) is 29.0 Å². The van der Waals surface area contributed by atoms with Crippen LogP contribution in [0.4, 0.5) is 0 Å². The fraction of sp³-hybridized carbons (Fsp3) is 0.412. The van der Waals surface area contributed by atoms with Crippen molar-refractivity contribution in [2.45, 2.75) is 58.2 Å². The van der Waals surface area contributed by atoms with Crippen molar-refractivity contribution < 1.29 is 14.3 Å². The highest BCUT2D eigenvalue weighted by molar-refractivity contribution is 6.00. The summed E-state index contributed by atoms with van der Waals surface area (Å²) in [5.41, 5.74) is 12.2. The molecular formula is C34H37N7O3. The molecule has 4 aromatic heterocycles. The molecule has 1 amide bonds. The molecule has 226 valence electrons. The number of aryl methyl sites for hydroxylation is 3. The highest BCUT2D eigenvalue weighted by Crippen LogP contribution is 2.40. The maximum atomic E-state index is 13.7. The number of hydrogen-bond donors (Lipinski definition) is 1. The van der Waals surface area contributed by atoms with Gasteiger partial charge in [-0.15, -0.1) is 0 Å². The first-order valence-electron chi connectivity index (χ1n) is 15.5. The average molecular weight is 592 g/mol. The molecule has 10 nitrogen and oxygen atoms in total. The van der Waals surface area contributed by atoms with Crippen LogP contribution in [0.3, 0.4) is 0 Å². The minimum Gasteiger partial charge on any atom is -0.494 e. The molecular weight excluding hydrogens is 554 g/mol. The third-order valence-electron chi connectivity index (χ3n) is 9.68. The van der Waals surface area contributed by atoms with Gasteiger partial charge in [0.25, 0.3) is 5.91 Å². The van der Waals surface area contributed by atoms with E-state index in [0.29, 0.717) is 29.0 Å². The molecule has 2 aliphatic carbocycles. The molecule has 5 heterocycles. The molecule has 0 radical (unpaired) electrons. The van der Waals surface area contributed by atoms with Gasteiger partial charge in [-0.2, -0.15) is 4.98 Å². The Morgan fingerprint density at radius 3 is 2.48 bits per heavy atom. The third kappa shape index (κ3) is 4.42. The van der Waals surface area contributed by atoms with Crippen molar-refractivity contribution in [1.29, 1.82) is 0 Å². The number of rotatable bonds is 7. The van der Waals surface area contributed by atoms with Gasteiger partial charge in [0.15, 0.2) is 5.82 Å². The number of aromatic nitrogens is 5. The molecule has 1 saturated heterocycles. The van der Waals surface area contributed by atoms with Gasteiger partial charge in [0, 0.05) is 72.8 Å². The number of hydrogen-bond acceptors (Lipinski definition) is 7. The molecule has 2 bridgehead atoms. The van der Waals surface area contributed by atoms with Crippen LogP contribution in [0, 0.1) is 25.7 Å². The topological polar surface area (TPSA) is 113 Å². The number of amides is 1. The summed E-state index contributed by atoms with van der Waals surface area (Å²) in [6.45, 7) is 5.49. The zero-order valence-electron chi connectivity index (χ0n) is 25.6. The summed E-state index contributed by atoms with van der Waals surface area (Å²) in [7, 11) is 3.65. The molecule has 3 fully saturated rings. The second-order valence-corrected chi connectivity index (χ2v) is 12.8. The van der Waals surface area contributed by atoms with Gasteiger partial charge in [-0.3, -0.25) is 9.78 Å². The van der Waals surface area contributed by atoms with Crippen LogP contribution in [0.15, 0.2) is 42.5 Å². The highest BCUT2D eigenvalue weighted by atomic mass is 16.5. The van der Waals surface area contributed by atoms with Gasteiger partial charge in [0.05, 0.1) is 18.3 Å². The summed E-state index contributed by atoms with van der Waals surface area (Å²) in [4.78, 5) is 30.2. The number of fused-ring (bicyclic) bond motifs is 4. The zero-order valence-corrected chi connectivity index (χ0v) is 25.6. The summed E-state index contributed by atoms with van der Waals surface area (Å²) < 4.78 is 16.4. The zero-order chi connectivity index (χ0) is 30.3. The van der Waals surface area contributed by atoms with Gasteiger partial charge in [-0.1, -0.05) is 0 Å². The van der Waals surface area contributed by atoms with E-state index in [2.05, 4.69) is 26.3 Å². The number of carbonyl (C=O) groups excluding carboxylic acids is 1. The van der Waals surface area contributed by atoms with Gasteiger partial charge in [0.1, 0.15) is 22.7 Å². The van der Waals surface area contributed by atoms with Crippen molar-refractivity contribution >= 4 is 28.0 Å². The number of likely N-dealkylation sites (tertiary alicyclic amines) is 1. The Bertz CT molecular complexity index is 1940. The van der Waals surface area contributed by atoms with E-state index in [1.54, 1.807) is 7.11 Å². The molecule has 1 aromatic carbocycles. The summed E-state index contributed by atoms with van der Waals surface area (Å²) in [5, 5.41) is 1.02. The Kier molecular flexibility index (Phi) is 6.20. The Balaban J connectivity index is 1.21. The molecule has 0 spiro atoms. The van der Waals surface area contributed by atoms with Gasteiger partial charge < -0.3 is 29.2 Å². The lowest BCUT2D eigenvalue weighted by Gasteiger charge is -2.27. The Hall–Kier alpha value is -4.44. The molecule has 3 aliphatic rings. The summed E-state index contributed by atoms with van der Waals surface area (Å²) >= 11 is 0. The normalized spacial score (nSPS) is 21.1. The first-order chi connectivity index (χ1) is 21.3. The Morgan fingerprint density at radius 2 is 1.80 bits per heavy atom. The first kappa shape index (κ1) is 27.1. The van der Waals surface area contributed by atoms with Crippen LogP contribution < -0.4 is 15.2 Å². The van der Waals surface area contributed by atoms with E-state index in [-0.39, 0.29) is 18.0 Å². The van der Waals surface area contributed by atoms with Crippen LogP contribution in [0.1, 0.15) is 47.4 Å². The van der Waals surface area contributed by atoms with Crippen LogP contribution in [0.5, 0.6) is 17.4 Å². The van der Waals surface area contributed by atoms with E-state index in [1.165, 1.54) is 12.8 Å². The second-order valence-electron chi connectivity index (χ2n) is 12.8. The van der Waals surface area contributed by atoms with E-state index in [1.807, 2.05) is 56.1 Å². The molecule has 2 N–H and O–H groups in total. The third-order valence-corrected chi connectivity index (χ3v) is 9.68. The monoisotopic (exact) mass is 591 g/mol. The molecule has 1 aliphatic heterocycles. The summed E-state index contributed by atoms with van der Waals surface area (Å²) in [6.07, 6.45) is 4.48. The lowest BCUT2D eigenvalue weighted by atomic mass is 10.1. The van der Waals surface area contributed by atoms with Crippen molar-refractivity contribution in [3.63, 3.8) is 0 Å². The molecule has 5 aromatic rings. The average Bonchev–Trinajstić information content (AvgIpc) is 3.41. The Labute approximate surface area is 255 Å². The van der Waals surface area contributed by atoms with Gasteiger partial charge in [0.2, 0.25) is 5.88 Å². The van der Waals surface area contributed by atoms with Gasteiger partial charge >= 0.3 is 0 Å². The van der Waals surface area contributed by atoms with Gasteiger partial charge in [-0.05, 0) is 75.6 Å². The number of nitrogens with two attached hydrogens (primary N) is 1. The number of methoxy groups -OCH3 is 1. The van der Waals surface area contributed by atoms with Crippen molar-refractivity contribution in [2.24, 2.45) is 24.6 Å². The van der Waals surface area contributed by atoms with E-state index in [4.69, 9.17) is 25.2 Å². The number of piperidine rings is 1. The molecule has 0 unspecified atom stereocenters. The first-order valence-corrected chi connectivity index (χ1v) is 15.5. The van der Waals surface area contributed by atoms with Crippen molar-refractivity contribution in [3.8, 4) is 28.9 Å². The Morgan fingerprint density at radius 1 is 1.00 bits per heavy atom. The summed E-state index contributed by atoms with van der Waals surface area (Å²) in [6, 6.07) is 13.9. The number of nitrogens with zero attached hydrogens (tertiary/aromatic N) is 6. The second kappa shape index (κ2) is 10.1. The maximum Gasteiger partial charge on any atom is 0.254 e.